The number of likely N-dealkylation sites (tertiary alicyclic amines) is 1. The molecule has 2 fully saturated rings. The lowest BCUT2D eigenvalue weighted by Crippen LogP contribution is -2.51. The van der Waals surface area contributed by atoms with Crippen LogP contribution in [0.5, 0.6) is 0 Å². The molecule has 0 aromatic heterocycles. The fourth-order valence-electron chi connectivity index (χ4n) is 4.83. The van der Waals surface area contributed by atoms with Crippen LogP contribution in [-0.2, 0) is 11.3 Å². The third-order valence-corrected chi connectivity index (χ3v) is 6.49. The van der Waals surface area contributed by atoms with Gasteiger partial charge in [-0.15, -0.1) is 0 Å². The van der Waals surface area contributed by atoms with E-state index in [4.69, 9.17) is 0 Å². The molecule has 2 aliphatic rings. The third-order valence-electron chi connectivity index (χ3n) is 6.49. The van der Waals surface area contributed by atoms with Gasteiger partial charge in [0.2, 0.25) is 5.91 Å². The van der Waals surface area contributed by atoms with E-state index in [0.717, 1.165) is 64.7 Å². The van der Waals surface area contributed by atoms with Crippen molar-refractivity contribution in [3.63, 3.8) is 0 Å². The number of nitrogens with zero attached hydrogens (tertiary/aromatic N) is 3. The highest BCUT2D eigenvalue weighted by Crippen LogP contribution is 2.26. The number of amides is 1. The first kappa shape index (κ1) is 21.8. The van der Waals surface area contributed by atoms with Gasteiger partial charge in [0, 0.05) is 13.1 Å². The van der Waals surface area contributed by atoms with Gasteiger partial charge in [-0.05, 0) is 57.3 Å². The minimum atomic E-state index is -0.633. The standard InChI is InChI=1S/C24H36N4O/c1-27(17-21-9-5-4-6-10-21)18-22-11-15-28(16-12-22)19-23(29)26-24(20-25)13-7-2-3-8-14-24/h4-6,9-10,22H,2-3,7-8,11-19H2,1H3,(H,26,29). The molecule has 1 amide bonds. The van der Waals surface area contributed by atoms with Gasteiger partial charge in [0.15, 0.2) is 0 Å². The predicted octanol–water partition coefficient (Wildman–Crippen LogP) is 3.56. The molecule has 0 radical (unpaired) electrons. The SMILES string of the molecule is CN(Cc1ccccc1)CC1CCN(CC(=O)NC2(C#N)CCCCCC2)CC1. The van der Waals surface area contributed by atoms with Gasteiger partial charge in [0.25, 0.3) is 0 Å². The Morgan fingerprint density at radius 3 is 2.45 bits per heavy atom. The molecule has 1 aliphatic heterocycles. The van der Waals surface area contributed by atoms with E-state index < -0.39 is 5.54 Å². The van der Waals surface area contributed by atoms with Crippen molar-refractivity contribution in [1.82, 2.24) is 15.1 Å². The maximum Gasteiger partial charge on any atom is 0.235 e. The molecule has 0 spiro atoms. The second kappa shape index (κ2) is 10.8. The van der Waals surface area contributed by atoms with Crippen molar-refractivity contribution < 1.29 is 4.79 Å². The van der Waals surface area contributed by atoms with Crippen molar-refractivity contribution in [1.29, 1.82) is 5.26 Å². The molecule has 1 aromatic rings. The van der Waals surface area contributed by atoms with Crippen LogP contribution >= 0.6 is 0 Å². The van der Waals surface area contributed by atoms with Crippen LogP contribution in [0.2, 0.25) is 0 Å². The minimum absolute atomic E-state index is 0.0214. The largest absolute Gasteiger partial charge is 0.337 e. The number of hydrogen-bond acceptors (Lipinski definition) is 4. The summed E-state index contributed by atoms with van der Waals surface area (Å²) >= 11 is 0. The second-order valence-electron chi connectivity index (χ2n) is 9.06. The van der Waals surface area contributed by atoms with Gasteiger partial charge in [0.05, 0.1) is 12.6 Å². The molecule has 1 N–H and O–H groups in total. The van der Waals surface area contributed by atoms with E-state index in [1.807, 2.05) is 0 Å². The Morgan fingerprint density at radius 1 is 1.17 bits per heavy atom. The van der Waals surface area contributed by atoms with E-state index in [2.05, 4.69) is 58.6 Å². The van der Waals surface area contributed by atoms with Crippen molar-refractivity contribution in [2.75, 3.05) is 33.2 Å². The predicted molar refractivity (Wildman–Crippen MR) is 116 cm³/mol. The van der Waals surface area contributed by atoms with E-state index in [9.17, 15) is 10.1 Å². The summed E-state index contributed by atoms with van der Waals surface area (Å²) in [7, 11) is 2.20. The molecule has 29 heavy (non-hydrogen) atoms. The van der Waals surface area contributed by atoms with Crippen LogP contribution in [0.25, 0.3) is 0 Å². The zero-order chi connectivity index (χ0) is 20.5. The summed E-state index contributed by atoms with van der Waals surface area (Å²) in [5.74, 6) is 0.712. The number of nitrogens with one attached hydrogen (secondary N) is 1. The molecule has 0 bridgehead atoms. The summed E-state index contributed by atoms with van der Waals surface area (Å²) in [5.41, 5.74) is 0.723. The van der Waals surface area contributed by atoms with E-state index >= 15 is 0 Å². The Balaban J connectivity index is 1.39. The van der Waals surface area contributed by atoms with E-state index in [1.54, 1.807) is 0 Å². The third kappa shape index (κ3) is 6.83. The van der Waals surface area contributed by atoms with Gasteiger partial charge in [-0.2, -0.15) is 5.26 Å². The average Bonchev–Trinajstić information content (AvgIpc) is 2.96. The zero-order valence-corrected chi connectivity index (χ0v) is 17.9. The monoisotopic (exact) mass is 396 g/mol. The highest BCUT2D eigenvalue weighted by Gasteiger charge is 2.33. The Morgan fingerprint density at radius 2 is 1.83 bits per heavy atom. The number of piperidine rings is 1. The normalized spacial score (nSPS) is 20.7. The summed E-state index contributed by atoms with van der Waals surface area (Å²) in [6.07, 6.45) is 8.28. The number of carbonyl (C=O) groups excluding carboxylic acids is 1. The van der Waals surface area contributed by atoms with Crippen LogP contribution in [0.3, 0.4) is 0 Å². The summed E-state index contributed by atoms with van der Waals surface area (Å²) in [5, 5.41) is 12.8. The molecule has 1 aliphatic carbocycles. The molecular formula is C24H36N4O. The first-order valence-electron chi connectivity index (χ1n) is 11.3. The average molecular weight is 397 g/mol. The Bertz CT molecular complexity index is 668. The van der Waals surface area contributed by atoms with Gasteiger partial charge >= 0.3 is 0 Å². The van der Waals surface area contributed by atoms with Gasteiger partial charge in [-0.3, -0.25) is 9.69 Å². The minimum Gasteiger partial charge on any atom is -0.337 e. The second-order valence-corrected chi connectivity index (χ2v) is 9.06. The molecule has 1 aromatic carbocycles. The molecule has 3 rings (SSSR count). The van der Waals surface area contributed by atoms with Crippen LogP contribution in [0, 0.1) is 17.2 Å². The Hall–Kier alpha value is -1.90. The van der Waals surface area contributed by atoms with Gasteiger partial charge < -0.3 is 10.2 Å². The van der Waals surface area contributed by atoms with Crippen molar-refractivity contribution >= 4 is 5.91 Å². The lowest BCUT2D eigenvalue weighted by Gasteiger charge is -2.34. The molecule has 5 heteroatoms. The smallest absolute Gasteiger partial charge is 0.235 e. The van der Waals surface area contributed by atoms with Crippen molar-refractivity contribution in [3.05, 3.63) is 35.9 Å². The fourth-order valence-corrected chi connectivity index (χ4v) is 4.83. The maximum atomic E-state index is 12.6. The molecule has 0 unspecified atom stereocenters. The fraction of sp³-hybridized carbons (Fsp3) is 0.667. The van der Waals surface area contributed by atoms with Crippen LogP contribution < -0.4 is 5.32 Å². The van der Waals surface area contributed by atoms with E-state index in [-0.39, 0.29) is 5.91 Å². The first-order valence-corrected chi connectivity index (χ1v) is 11.3. The molecular weight excluding hydrogens is 360 g/mol. The summed E-state index contributed by atoms with van der Waals surface area (Å²) < 4.78 is 0. The molecule has 5 nitrogen and oxygen atoms in total. The van der Waals surface area contributed by atoms with Crippen LogP contribution in [-0.4, -0.2) is 54.5 Å². The van der Waals surface area contributed by atoms with Crippen LogP contribution in [0.1, 0.15) is 56.9 Å². The molecule has 158 valence electrons. The molecule has 1 saturated carbocycles. The molecule has 1 heterocycles. The number of carbonyl (C=O) groups is 1. The first-order chi connectivity index (χ1) is 14.1. The van der Waals surface area contributed by atoms with Crippen molar-refractivity contribution in [2.45, 2.75) is 63.5 Å². The summed E-state index contributed by atoms with van der Waals surface area (Å²) in [4.78, 5) is 17.3. The van der Waals surface area contributed by atoms with Crippen LogP contribution in [0.15, 0.2) is 30.3 Å². The van der Waals surface area contributed by atoms with Gasteiger partial charge in [0.1, 0.15) is 5.54 Å². The van der Waals surface area contributed by atoms with Gasteiger partial charge in [-0.1, -0.05) is 56.0 Å². The van der Waals surface area contributed by atoms with Crippen molar-refractivity contribution in [2.24, 2.45) is 5.92 Å². The number of benzene rings is 1. The Labute approximate surface area is 176 Å². The highest BCUT2D eigenvalue weighted by atomic mass is 16.2. The zero-order valence-electron chi connectivity index (χ0n) is 17.9. The van der Waals surface area contributed by atoms with E-state index in [1.165, 1.54) is 18.4 Å². The molecule has 1 saturated heterocycles. The number of nitriles is 1. The number of rotatable bonds is 7. The summed E-state index contributed by atoms with van der Waals surface area (Å²) in [6, 6.07) is 13.0. The van der Waals surface area contributed by atoms with E-state index in [0.29, 0.717) is 12.5 Å². The Kier molecular flexibility index (Phi) is 8.09. The quantitative estimate of drug-likeness (QED) is 0.716. The molecule has 0 atom stereocenters. The highest BCUT2D eigenvalue weighted by molar-refractivity contribution is 5.79. The van der Waals surface area contributed by atoms with Gasteiger partial charge in [-0.25, -0.2) is 0 Å². The topological polar surface area (TPSA) is 59.4 Å². The van der Waals surface area contributed by atoms with Crippen molar-refractivity contribution in [3.8, 4) is 6.07 Å². The summed E-state index contributed by atoms with van der Waals surface area (Å²) in [6.45, 7) is 4.45. The number of hydrogen-bond donors (Lipinski definition) is 1. The van der Waals surface area contributed by atoms with Crippen LogP contribution in [0.4, 0.5) is 0 Å². The lowest BCUT2D eigenvalue weighted by atomic mass is 9.91. The lowest BCUT2D eigenvalue weighted by molar-refractivity contribution is -0.124. The maximum absolute atomic E-state index is 12.6.